The predicted octanol–water partition coefficient (Wildman–Crippen LogP) is 5.41. The molecular weight excluding hydrogens is 496 g/mol. The first-order valence-electron chi connectivity index (χ1n) is 9.90. The zero-order valence-electron chi connectivity index (χ0n) is 17.8. The van der Waals surface area contributed by atoms with Crippen molar-refractivity contribution < 1.29 is 39.2 Å². The Labute approximate surface area is 224 Å². The Morgan fingerprint density at radius 3 is 1.50 bits per heavy atom. The van der Waals surface area contributed by atoms with Crippen molar-refractivity contribution in [1.82, 2.24) is 0 Å². The Kier molecular flexibility index (Phi) is 16.3. The smallest absolute Gasteiger partial charge is 0.384 e. The number of rotatable bonds is 4. The largest absolute Gasteiger partial charge is 2.00 e. The molecule has 0 heterocycles. The van der Waals surface area contributed by atoms with E-state index in [0.29, 0.717) is 0 Å². The fraction of sp³-hybridized carbons (Fsp3) is 0.0714. The third-order valence-corrected chi connectivity index (χ3v) is 5.56. The van der Waals surface area contributed by atoms with E-state index in [4.69, 9.17) is 0 Å². The summed E-state index contributed by atoms with van der Waals surface area (Å²) < 4.78 is 0. The van der Waals surface area contributed by atoms with E-state index < -0.39 is 5.60 Å². The van der Waals surface area contributed by atoms with Crippen LogP contribution in [0.3, 0.4) is 0 Å². The Bertz CT molecular complexity index is 545. The molecule has 1 nitrogen and oxygen atoms in total. The first-order valence-corrected chi connectivity index (χ1v) is 11.1. The molecule has 0 bridgehead atoms. The van der Waals surface area contributed by atoms with Crippen LogP contribution in [-0.4, -0.2) is 11.4 Å². The summed E-state index contributed by atoms with van der Waals surface area (Å²) in [6.45, 7) is 0. The van der Waals surface area contributed by atoms with Crippen LogP contribution in [0.5, 0.6) is 0 Å². The number of hydrogen-bond donors (Lipinski definition) is 1. The second kappa shape index (κ2) is 17.1. The summed E-state index contributed by atoms with van der Waals surface area (Å²) in [7, 11) is 0. The summed E-state index contributed by atoms with van der Waals surface area (Å²) in [6.07, 6.45) is 36.0. The van der Waals surface area contributed by atoms with E-state index in [1.54, 1.807) is 11.8 Å². The molecule has 5 rings (SSSR count). The minimum Gasteiger partial charge on any atom is -0.384 e. The van der Waals surface area contributed by atoms with Crippen molar-refractivity contribution >= 4 is 11.8 Å². The number of thioether (sulfide) groups is 1. The molecule has 1 N–H and O–H groups in total. The van der Waals surface area contributed by atoms with Crippen molar-refractivity contribution in [2.75, 3.05) is 6.26 Å². The van der Waals surface area contributed by atoms with E-state index in [2.05, 4.69) is 6.42 Å². The van der Waals surface area contributed by atoms with Gasteiger partial charge in [-0.3, -0.25) is 0 Å². The summed E-state index contributed by atoms with van der Waals surface area (Å²) in [6, 6.07) is 9.85. The van der Waals surface area contributed by atoms with Gasteiger partial charge < -0.3 is 5.11 Å². The van der Waals surface area contributed by atoms with Gasteiger partial charge in [-0.2, -0.15) is 11.8 Å². The summed E-state index contributed by atoms with van der Waals surface area (Å²) in [5.41, 5.74) is -0.195. The number of benzene rings is 1. The van der Waals surface area contributed by atoms with Gasteiger partial charge in [0.25, 0.3) is 0 Å². The van der Waals surface area contributed by atoms with Gasteiger partial charge in [0, 0.05) is 17.1 Å². The maximum Gasteiger partial charge on any atom is 2.00 e. The minimum atomic E-state index is -1.09. The Morgan fingerprint density at radius 1 is 0.594 bits per heavy atom. The number of aliphatic hydroxyl groups is 1. The third kappa shape index (κ3) is 8.66. The van der Waals surface area contributed by atoms with Crippen LogP contribution in [0.25, 0.3) is 0 Å². The van der Waals surface area contributed by atoms with E-state index in [0.717, 1.165) is 22.6 Å². The van der Waals surface area contributed by atoms with Crippen LogP contribution in [0.4, 0.5) is 0 Å². The van der Waals surface area contributed by atoms with Gasteiger partial charge in [-0.15, -0.1) is 0 Å². The van der Waals surface area contributed by atoms with Crippen LogP contribution in [0.1, 0.15) is 5.56 Å². The summed E-state index contributed by atoms with van der Waals surface area (Å²) in [5.74, 6) is 1.85. The molecule has 0 aromatic heterocycles. The summed E-state index contributed by atoms with van der Waals surface area (Å²) in [4.78, 5) is 0. The normalized spacial score (nSPS) is 23.2. The molecule has 4 heteroatoms. The van der Waals surface area contributed by atoms with Crippen molar-refractivity contribution in [3.63, 3.8) is 0 Å². The summed E-state index contributed by atoms with van der Waals surface area (Å²) >= 11 is 1.66. The molecule has 0 unspecified atom stereocenters. The fourth-order valence-electron chi connectivity index (χ4n) is 3.29. The summed E-state index contributed by atoms with van der Waals surface area (Å²) in [5, 5.41) is 12.6. The zero-order valence-corrected chi connectivity index (χ0v) is 20.8. The maximum atomic E-state index is 11.5. The molecule has 0 saturated heterocycles. The topological polar surface area (TPSA) is 20.2 Å². The molecule has 1 atom stereocenters. The van der Waals surface area contributed by atoms with Crippen LogP contribution in [-0.2, 0) is 39.7 Å². The molecule has 20 radical (unpaired) electrons. The second-order valence-electron chi connectivity index (χ2n) is 6.68. The SMILES string of the molecule is CS[C]1[CH][CH][CH][C]1[C@@](O)([C]1[CH][CH][CH][CH]1)c1ccccc1.[CH]1[CH][CH][CH][CH]1.[CH]1[CH][CH][CH][CH]1.[Fe+2].[Fe+2]. The van der Waals surface area contributed by atoms with E-state index in [-0.39, 0.29) is 34.1 Å². The van der Waals surface area contributed by atoms with Gasteiger partial charge in [-0.25, -0.2) is 0 Å². The van der Waals surface area contributed by atoms with Gasteiger partial charge in [-0.05, 0) is 121 Å². The molecule has 4 aliphatic carbocycles. The van der Waals surface area contributed by atoms with Crippen molar-refractivity contribution in [3.8, 4) is 0 Å². The fourth-order valence-corrected chi connectivity index (χ4v) is 3.94. The van der Waals surface area contributed by atoms with Crippen molar-refractivity contribution in [2.24, 2.45) is 0 Å². The first kappa shape index (κ1) is 30.6. The maximum absolute atomic E-state index is 11.5. The average Bonchev–Trinajstić information content (AvgIpc) is 3.64. The number of hydrogen-bond acceptors (Lipinski definition) is 2. The molecule has 1 aromatic carbocycles. The molecule has 1 aromatic rings. The van der Waals surface area contributed by atoms with Crippen LogP contribution in [0.2, 0.25) is 0 Å². The second-order valence-corrected chi connectivity index (χ2v) is 7.53. The van der Waals surface area contributed by atoms with Gasteiger partial charge >= 0.3 is 34.1 Å². The minimum absolute atomic E-state index is 0. The van der Waals surface area contributed by atoms with E-state index in [1.807, 2.05) is 139 Å². The van der Waals surface area contributed by atoms with Crippen LogP contribution in [0, 0.1) is 126 Å². The molecule has 32 heavy (non-hydrogen) atoms. The Hall–Kier alpha value is 0.569. The quantitative estimate of drug-likeness (QED) is 0.534. The van der Waals surface area contributed by atoms with Gasteiger partial charge in [-0.1, -0.05) is 30.3 Å². The molecule has 0 spiro atoms. The van der Waals surface area contributed by atoms with E-state index in [9.17, 15) is 5.11 Å². The Balaban J connectivity index is 0.000000353. The molecular formula is C28H26Fe2OS+4. The van der Waals surface area contributed by atoms with Gasteiger partial charge in [0.1, 0.15) is 5.60 Å². The predicted molar refractivity (Wildman–Crippen MR) is 127 cm³/mol. The molecule has 162 valence electrons. The van der Waals surface area contributed by atoms with Crippen molar-refractivity contribution in [1.29, 1.82) is 0 Å². The van der Waals surface area contributed by atoms with Crippen LogP contribution in [0.15, 0.2) is 30.3 Å². The monoisotopic (exact) mass is 522 g/mol. The standard InChI is InChI=1S/C18H16OS.2C5H5.2Fe/c1-20-17-13-7-12-16(17)18(19,15-10-5-6-11-15)14-8-3-2-4-9-14;2*1-2-4-5-3-1;;/h2-13,19H,1H3;2*1-5H;;/q;;;2*+2/t18-;;;;/m0..../s1. The van der Waals surface area contributed by atoms with Gasteiger partial charge in [0.05, 0.1) is 0 Å². The Morgan fingerprint density at radius 2 is 1.06 bits per heavy atom. The first-order chi connectivity index (χ1) is 14.8. The van der Waals surface area contributed by atoms with Gasteiger partial charge in [0.15, 0.2) is 0 Å². The van der Waals surface area contributed by atoms with Crippen molar-refractivity contribution in [2.45, 2.75) is 5.60 Å². The zero-order chi connectivity index (χ0) is 21.1. The van der Waals surface area contributed by atoms with Crippen LogP contribution >= 0.6 is 11.8 Å². The van der Waals surface area contributed by atoms with E-state index in [1.165, 1.54) is 0 Å². The molecule has 0 aliphatic heterocycles. The van der Waals surface area contributed by atoms with Gasteiger partial charge in [0.2, 0.25) is 0 Å². The van der Waals surface area contributed by atoms with Crippen molar-refractivity contribution in [3.05, 3.63) is 162 Å². The molecule has 4 fully saturated rings. The third-order valence-electron chi connectivity index (χ3n) is 4.77. The average molecular weight is 522 g/mol. The van der Waals surface area contributed by atoms with Crippen LogP contribution < -0.4 is 0 Å². The molecule has 0 amide bonds. The molecule has 4 saturated carbocycles. The van der Waals surface area contributed by atoms with E-state index >= 15 is 0 Å². The molecule has 4 aliphatic rings.